The third kappa shape index (κ3) is 2.61. The van der Waals surface area contributed by atoms with Gasteiger partial charge in [-0.05, 0) is 37.0 Å². The van der Waals surface area contributed by atoms with E-state index in [2.05, 4.69) is 0 Å². The maximum absolute atomic E-state index is 13.0. The average Bonchev–Trinajstić information content (AvgIpc) is 2.74. The lowest BCUT2D eigenvalue weighted by atomic mass is 10.1. The molecule has 0 bridgehead atoms. The van der Waals surface area contributed by atoms with Gasteiger partial charge >= 0.3 is 0 Å². The number of rotatable bonds is 3. The van der Waals surface area contributed by atoms with E-state index < -0.39 is 10.8 Å². The maximum Gasteiger partial charge on any atom is 0.124 e. The van der Waals surface area contributed by atoms with Crippen molar-refractivity contribution in [2.45, 2.75) is 30.6 Å². The minimum Gasteiger partial charge on any atom is -0.398 e. The van der Waals surface area contributed by atoms with Crippen LogP contribution in [0.4, 0.5) is 10.1 Å². The molecular weight excluding hydrogens is 225 g/mol. The Morgan fingerprint density at radius 3 is 2.75 bits per heavy atom. The molecule has 1 aliphatic carbocycles. The molecule has 0 heterocycles. The van der Waals surface area contributed by atoms with Gasteiger partial charge in [0.25, 0.3) is 0 Å². The first-order valence-electron chi connectivity index (χ1n) is 5.60. The second-order valence-corrected chi connectivity index (χ2v) is 5.81. The molecule has 0 radical (unpaired) electrons. The second kappa shape index (κ2) is 4.95. The van der Waals surface area contributed by atoms with E-state index in [1.165, 1.54) is 31.0 Å². The van der Waals surface area contributed by atoms with Crippen LogP contribution in [0.1, 0.15) is 25.7 Å². The lowest BCUT2D eigenvalue weighted by molar-refractivity contribution is 0.602. The normalized spacial score (nSPS) is 18.8. The Hall–Kier alpha value is -0.900. The quantitative estimate of drug-likeness (QED) is 0.827. The molecule has 1 aromatic carbocycles. The molecule has 1 fully saturated rings. The number of anilines is 1. The first-order valence-corrected chi connectivity index (χ1v) is 6.92. The van der Waals surface area contributed by atoms with E-state index in [-0.39, 0.29) is 5.82 Å². The zero-order valence-corrected chi connectivity index (χ0v) is 9.93. The van der Waals surface area contributed by atoms with E-state index in [0.717, 1.165) is 12.8 Å². The minimum atomic E-state index is -1.16. The van der Waals surface area contributed by atoms with Gasteiger partial charge in [0.05, 0.1) is 15.7 Å². The van der Waals surface area contributed by atoms with Gasteiger partial charge in [-0.15, -0.1) is 0 Å². The van der Waals surface area contributed by atoms with Crippen molar-refractivity contribution in [2.24, 2.45) is 5.92 Å². The Morgan fingerprint density at radius 2 is 2.06 bits per heavy atom. The Balaban J connectivity index is 2.10. The summed E-state index contributed by atoms with van der Waals surface area (Å²) in [5.74, 6) is 0.765. The van der Waals surface area contributed by atoms with E-state index in [1.807, 2.05) is 0 Å². The van der Waals surface area contributed by atoms with Crippen LogP contribution in [0.3, 0.4) is 0 Å². The molecule has 2 rings (SSSR count). The van der Waals surface area contributed by atoms with E-state index >= 15 is 0 Å². The SMILES string of the molecule is Nc1ccc(F)cc1S(=O)CC1CCCC1. The van der Waals surface area contributed by atoms with Crippen LogP contribution in [0.25, 0.3) is 0 Å². The molecular formula is C12H16FNOS. The molecule has 4 heteroatoms. The summed E-state index contributed by atoms with van der Waals surface area (Å²) in [6.45, 7) is 0. The fourth-order valence-electron chi connectivity index (χ4n) is 2.19. The van der Waals surface area contributed by atoms with Gasteiger partial charge in [0.1, 0.15) is 5.82 Å². The van der Waals surface area contributed by atoms with Crippen molar-refractivity contribution in [1.29, 1.82) is 0 Å². The zero-order chi connectivity index (χ0) is 11.5. The van der Waals surface area contributed by atoms with Gasteiger partial charge in [-0.2, -0.15) is 0 Å². The molecule has 0 aliphatic heterocycles. The Labute approximate surface area is 97.5 Å². The first-order chi connectivity index (χ1) is 7.66. The minimum absolute atomic E-state index is 0.371. The van der Waals surface area contributed by atoms with Crippen LogP contribution in [0, 0.1) is 11.7 Å². The monoisotopic (exact) mass is 241 g/mol. The summed E-state index contributed by atoms with van der Waals surface area (Å²) < 4.78 is 25.1. The topological polar surface area (TPSA) is 43.1 Å². The van der Waals surface area contributed by atoms with Crippen molar-refractivity contribution in [2.75, 3.05) is 11.5 Å². The van der Waals surface area contributed by atoms with Crippen LogP contribution in [-0.2, 0) is 10.8 Å². The molecule has 0 aromatic heterocycles. The zero-order valence-electron chi connectivity index (χ0n) is 9.12. The van der Waals surface area contributed by atoms with Gasteiger partial charge in [-0.25, -0.2) is 4.39 Å². The molecule has 2 N–H and O–H groups in total. The Bertz CT molecular complexity index is 402. The van der Waals surface area contributed by atoms with Crippen LogP contribution in [0.2, 0.25) is 0 Å². The number of hydrogen-bond acceptors (Lipinski definition) is 2. The molecule has 16 heavy (non-hydrogen) atoms. The predicted octanol–water partition coefficient (Wildman–Crippen LogP) is 2.71. The number of nitrogen functional groups attached to an aromatic ring is 1. The molecule has 2 nitrogen and oxygen atoms in total. The maximum atomic E-state index is 13.0. The molecule has 0 saturated heterocycles. The third-order valence-electron chi connectivity index (χ3n) is 3.08. The summed E-state index contributed by atoms with van der Waals surface area (Å²) in [5, 5.41) is 0. The summed E-state index contributed by atoms with van der Waals surface area (Å²) in [7, 11) is -1.16. The van der Waals surface area contributed by atoms with E-state index in [4.69, 9.17) is 5.73 Å². The fourth-order valence-corrected chi connectivity index (χ4v) is 3.70. The van der Waals surface area contributed by atoms with E-state index in [1.54, 1.807) is 0 Å². The Kier molecular flexibility index (Phi) is 3.59. The van der Waals surface area contributed by atoms with Gasteiger partial charge in [-0.1, -0.05) is 12.8 Å². The van der Waals surface area contributed by atoms with Gasteiger partial charge in [0.15, 0.2) is 0 Å². The highest BCUT2D eigenvalue weighted by atomic mass is 32.2. The number of halogens is 1. The van der Waals surface area contributed by atoms with Gasteiger partial charge in [-0.3, -0.25) is 4.21 Å². The van der Waals surface area contributed by atoms with Gasteiger partial charge in [0, 0.05) is 11.4 Å². The molecule has 1 aromatic rings. The van der Waals surface area contributed by atoms with Crippen molar-refractivity contribution < 1.29 is 8.60 Å². The molecule has 0 spiro atoms. The largest absolute Gasteiger partial charge is 0.398 e. The van der Waals surface area contributed by atoms with E-state index in [0.29, 0.717) is 22.3 Å². The highest BCUT2D eigenvalue weighted by molar-refractivity contribution is 7.85. The van der Waals surface area contributed by atoms with Crippen LogP contribution < -0.4 is 5.73 Å². The summed E-state index contributed by atoms with van der Waals surface area (Å²) in [6.07, 6.45) is 4.73. The standard InChI is InChI=1S/C12H16FNOS/c13-10-5-6-11(14)12(7-10)16(15)8-9-3-1-2-4-9/h5-7,9H,1-4,8,14H2. The summed E-state index contributed by atoms with van der Waals surface area (Å²) in [4.78, 5) is 0.451. The fraction of sp³-hybridized carbons (Fsp3) is 0.500. The van der Waals surface area contributed by atoms with Crippen molar-refractivity contribution in [3.63, 3.8) is 0 Å². The molecule has 1 saturated carbocycles. The average molecular weight is 241 g/mol. The summed E-state index contributed by atoms with van der Waals surface area (Å²) in [6, 6.07) is 4.07. The van der Waals surface area contributed by atoms with Crippen LogP contribution in [0.15, 0.2) is 23.1 Å². The molecule has 1 unspecified atom stereocenters. The summed E-state index contributed by atoms with van der Waals surface area (Å²) in [5.41, 5.74) is 6.13. The van der Waals surface area contributed by atoms with Gasteiger partial charge < -0.3 is 5.73 Å². The highest BCUT2D eigenvalue weighted by Crippen LogP contribution is 2.28. The number of hydrogen-bond donors (Lipinski definition) is 1. The lowest BCUT2D eigenvalue weighted by Crippen LogP contribution is -2.09. The van der Waals surface area contributed by atoms with Gasteiger partial charge in [0.2, 0.25) is 0 Å². The number of benzene rings is 1. The lowest BCUT2D eigenvalue weighted by Gasteiger charge is -2.10. The highest BCUT2D eigenvalue weighted by Gasteiger charge is 2.19. The number of nitrogens with two attached hydrogens (primary N) is 1. The third-order valence-corrected chi connectivity index (χ3v) is 4.70. The molecule has 1 aliphatic rings. The van der Waals surface area contributed by atoms with Crippen molar-refractivity contribution >= 4 is 16.5 Å². The summed E-state index contributed by atoms with van der Waals surface area (Å²) >= 11 is 0. The van der Waals surface area contributed by atoms with Crippen molar-refractivity contribution in [3.8, 4) is 0 Å². The second-order valence-electron chi connectivity index (χ2n) is 4.34. The van der Waals surface area contributed by atoms with Crippen molar-refractivity contribution in [1.82, 2.24) is 0 Å². The van der Waals surface area contributed by atoms with E-state index in [9.17, 15) is 8.60 Å². The molecule has 1 atom stereocenters. The Morgan fingerprint density at radius 1 is 1.38 bits per heavy atom. The smallest absolute Gasteiger partial charge is 0.124 e. The van der Waals surface area contributed by atoms with Crippen LogP contribution >= 0.6 is 0 Å². The predicted molar refractivity (Wildman–Crippen MR) is 64.0 cm³/mol. The first kappa shape index (κ1) is 11.6. The van der Waals surface area contributed by atoms with Crippen LogP contribution in [0.5, 0.6) is 0 Å². The molecule has 0 amide bonds. The van der Waals surface area contributed by atoms with Crippen LogP contribution in [-0.4, -0.2) is 9.96 Å². The van der Waals surface area contributed by atoms with Crippen molar-refractivity contribution in [3.05, 3.63) is 24.0 Å². The molecule has 88 valence electrons.